The minimum atomic E-state index is -0.467. The molecule has 0 aliphatic rings. The number of nitrogens with one attached hydrogen (secondary N) is 3. The zero-order chi connectivity index (χ0) is 16.3. The monoisotopic (exact) mass is 301 g/mol. The SMILES string of the molecule is CC(C)CNC(=O)CCNCCCNC(=O)OC(C)(C)C. The van der Waals surface area contributed by atoms with Crippen molar-refractivity contribution in [1.82, 2.24) is 16.0 Å². The highest BCUT2D eigenvalue weighted by molar-refractivity contribution is 5.76. The van der Waals surface area contributed by atoms with Gasteiger partial charge >= 0.3 is 6.09 Å². The Bertz CT molecular complexity index is 312. The Balaban J connectivity index is 3.40. The molecule has 0 unspecified atom stereocenters. The topological polar surface area (TPSA) is 79.5 Å². The third kappa shape index (κ3) is 14.9. The zero-order valence-corrected chi connectivity index (χ0v) is 14.0. The van der Waals surface area contributed by atoms with Gasteiger partial charge in [0.15, 0.2) is 0 Å². The summed E-state index contributed by atoms with van der Waals surface area (Å²) < 4.78 is 5.12. The van der Waals surface area contributed by atoms with E-state index in [-0.39, 0.29) is 5.91 Å². The number of carbonyl (C=O) groups excluding carboxylic acids is 2. The van der Waals surface area contributed by atoms with E-state index in [1.165, 1.54) is 0 Å². The quantitative estimate of drug-likeness (QED) is 0.566. The molecule has 21 heavy (non-hydrogen) atoms. The second kappa shape index (κ2) is 10.4. The van der Waals surface area contributed by atoms with Crippen molar-refractivity contribution in [2.24, 2.45) is 5.92 Å². The van der Waals surface area contributed by atoms with Crippen LogP contribution in [0.1, 0.15) is 47.5 Å². The molecule has 2 amide bonds. The Kier molecular flexibility index (Phi) is 9.78. The lowest BCUT2D eigenvalue weighted by atomic mass is 10.2. The summed E-state index contributed by atoms with van der Waals surface area (Å²) in [7, 11) is 0. The van der Waals surface area contributed by atoms with Crippen LogP contribution in [0, 0.1) is 5.92 Å². The van der Waals surface area contributed by atoms with Gasteiger partial charge in [-0.15, -0.1) is 0 Å². The van der Waals surface area contributed by atoms with Crippen LogP contribution in [-0.2, 0) is 9.53 Å². The van der Waals surface area contributed by atoms with E-state index in [2.05, 4.69) is 29.8 Å². The summed E-state index contributed by atoms with van der Waals surface area (Å²) in [4.78, 5) is 22.8. The number of ether oxygens (including phenoxy) is 1. The molecule has 0 fully saturated rings. The summed E-state index contributed by atoms with van der Waals surface area (Å²) in [5.74, 6) is 0.545. The van der Waals surface area contributed by atoms with Gasteiger partial charge in [0.25, 0.3) is 0 Å². The minimum absolute atomic E-state index is 0.0723. The molecule has 0 aliphatic carbocycles. The van der Waals surface area contributed by atoms with E-state index in [1.807, 2.05) is 20.8 Å². The Hall–Kier alpha value is -1.30. The van der Waals surface area contributed by atoms with Gasteiger partial charge in [-0.25, -0.2) is 4.79 Å². The first-order chi connectivity index (χ1) is 9.70. The number of hydrogen-bond donors (Lipinski definition) is 3. The molecule has 0 bridgehead atoms. The Morgan fingerprint density at radius 3 is 2.29 bits per heavy atom. The smallest absolute Gasteiger partial charge is 0.407 e. The van der Waals surface area contributed by atoms with Gasteiger partial charge < -0.3 is 20.7 Å². The van der Waals surface area contributed by atoms with Crippen LogP contribution in [0.25, 0.3) is 0 Å². The molecule has 0 heterocycles. The zero-order valence-electron chi connectivity index (χ0n) is 14.0. The second-order valence-electron chi connectivity index (χ2n) is 6.48. The minimum Gasteiger partial charge on any atom is -0.444 e. The maximum atomic E-state index is 11.4. The summed E-state index contributed by atoms with van der Waals surface area (Å²) in [6.07, 6.45) is 0.884. The summed E-state index contributed by atoms with van der Waals surface area (Å²) >= 11 is 0. The van der Waals surface area contributed by atoms with E-state index in [0.717, 1.165) is 19.5 Å². The van der Waals surface area contributed by atoms with Crippen LogP contribution in [0.5, 0.6) is 0 Å². The molecule has 3 N–H and O–H groups in total. The van der Waals surface area contributed by atoms with Crippen LogP contribution in [-0.4, -0.2) is 43.8 Å². The van der Waals surface area contributed by atoms with Gasteiger partial charge in [0.1, 0.15) is 5.60 Å². The lowest BCUT2D eigenvalue weighted by Crippen LogP contribution is -2.34. The number of carbonyl (C=O) groups is 2. The van der Waals surface area contributed by atoms with Gasteiger partial charge in [0.2, 0.25) is 5.91 Å². The van der Waals surface area contributed by atoms with Gasteiger partial charge in [-0.3, -0.25) is 4.79 Å². The Labute approximate surface area is 128 Å². The predicted molar refractivity (Wildman–Crippen MR) is 84.2 cm³/mol. The maximum absolute atomic E-state index is 11.4. The first kappa shape index (κ1) is 19.7. The molecule has 0 atom stereocenters. The van der Waals surface area contributed by atoms with Crippen LogP contribution >= 0.6 is 0 Å². The second-order valence-corrected chi connectivity index (χ2v) is 6.48. The van der Waals surface area contributed by atoms with Crippen LogP contribution in [0.3, 0.4) is 0 Å². The lowest BCUT2D eigenvalue weighted by molar-refractivity contribution is -0.121. The third-order valence-electron chi connectivity index (χ3n) is 2.43. The summed E-state index contributed by atoms with van der Waals surface area (Å²) in [5.41, 5.74) is -0.467. The average molecular weight is 301 g/mol. The molecule has 0 aromatic carbocycles. The fraction of sp³-hybridized carbons (Fsp3) is 0.867. The number of hydrogen-bond acceptors (Lipinski definition) is 4. The largest absolute Gasteiger partial charge is 0.444 e. The van der Waals surface area contributed by atoms with Crippen molar-refractivity contribution in [2.75, 3.05) is 26.2 Å². The van der Waals surface area contributed by atoms with E-state index >= 15 is 0 Å². The average Bonchev–Trinajstić information content (AvgIpc) is 2.33. The van der Waals surface area contributed by atoms with Crippen molar-refractivity contribution in [3.63, 3.8) is 0 Å². The molecular formula is C15H31N3O3. The number of amides is 2. The number of alkyl carbamates (subject to hydrolysis) is 1. The fourth-order valence-electron chi connectivity index (χ4n) is 1.45. The van der Waals surface area contributed by atoms with E-state index in [9.17, 15) is 9.59 Å². The molecular weight excluding hydrogens is 270 g/mol. The maximum Gasteiger partial charge on any atom is 0.407 e. The van der Waals surface area contributed by atoms with E-state index < -0.39 is 11.7 Å². The standard InChI is InChI=1S/C15H31N3O3/c1-12(2)11-18-13(19)7-10-16-8-6-9-17-14(20)21-15(3,4)5/h12,16H,6-11H2,1-5H3,(H,17,20)(H,18,19). The Morgan fingerprint density at radius 2 is 1.71 bits per heavy atom. The molecule has 6 nitrogen and oxygen atoms in total. The molecule has 0 radical (unpaired) electrons. The third-order valence-corrected chi connectivity index (χ3v) is 2.43. The van der Waals surface area contributed by atoms with Crippen LogP contribution < -0.4 is 16.0 Å². The van der Waals surface area contributed by atoms with E-state index in [1.54, 1.807) is 0 Å². The van der Waals surface area contributed by atoms with Gasteiger partial charge in [-0.1, -0.05) is 13.8 Å². The van der Waals surface area contributed by atoms with Crippen molar-refractivity contribution in [3.05, 3.63) is 0 Å². The van der Waals surface area contributed by atoms with E-state index in [4.69, 9.17) is 4.74 Å². The van der Waals surface area contributed by atoms with E-state index in [0.29, 0.717) is 25.4 Å². The fourth-order valence-corrected chi connectivity index (χ4v) is 1.45. The molecule has 0 saturated carbocycles. The van der Waals surface area contributed by atoms with Gasteiger partial charge in [-0.2, -0.15) is 0 Å². The molecule has 0 spiro atoms. The van der Waals surface area contributed by atoms with Crippen LogP contribution in [0.15, 0.2) is 0 Å². The van der Waals surface area contributed by atoms with Crippen LogP contribution in [0.2, 0.25) is 0 Å². The number of rotatable bonds is 9. The van der Waals surface area contributed by atoms with Gasteiger partial charge in [0, 0.05) is 26.1 Å². The lowest BCUT2D eigenvalue weighted by Gasteiger charge is -2.19. The van der Waals surface area contributed by atoms with Crippen molar-refractivity contribution in [3.8, 4) is 0 Å². The molecule has 124 valence electrons. The van der Waals surface area contributed by atoms with Crippen molar-refractivity contribution in [2.45, 2.75) is 53.1 Å². The molecule has 0 aromatic rings. The normalized spacial score (nSPS) is 11.3. The van der Waals surface area contributed by atoms with Gasteiger partial charge in [0.05, 0.1) is 0 Å². The highest BCUT2D eigenvalue weighted by atomic mass is 16.6. The first-order valence-electron chi connectivity index (χ1n) is 7.65. The predicted octanol–water partition coefficient (Wildman–Crippen LogP) is 1.65. The van der Waals surface area contributed by atoms with Crippen LogP contribution in [0.4, 0.5) is 4.79 Å². The highest BCUT2D eigenvalue weighted by Gasteiger charge is 2.15. The molecule has 0 rings (SSSR count). The first-order valence-corrected chi connectivity index (χ1v) is 7.65. The molecule has 0 aromatic heterocycles. The molecule has 0 saturated heterocycles. The molecule has 0 aliphatic heterocycles. The van der Waals surface area contributed by atoms with Crippen molar-refractivity contribution in [1.29, 1.82) is 0 Å². The highest BCUT2D eigenvalue weighted by Crippen LogP contribution is 2.06. The summed E-state index contributed by atoms with van der Waals surface area (Å²) in [5, 5.41) is 8.73. The summed E-state index contributed by atoms with van der Waals surface area (Å²) in [6, 6.07) is 0. The van der Waals surface area contributed by atoms with Gasteiger partial charge in [-0.05, 0) is 39.7 Å². The molecule has 6 heteroatoms. The Morgan fingerprint density at radius 1 is 1.05 bits per heavy atom. The van der Waals surface area contributed by atoms with Crippen molar-refractivity contribution < 1.29 is 14.3 Å². The van der Waals surface area contributed by atoms with Crippen molar-refractivity contribution >= 4 is 12.0 Å². The summed E-state index contributed by atoms with van der Waals surface area (Å²) in [6.45, 7) is 12.3.